The van der Waals surface area contributed by atoms with Crippen molar-refractivity contribution >= 4 is 40.6 Å². The fraction of sp³-hybridized carbons (Fsp3) is 0.480. The molecule has 13 heteroatoms. The second-order valence-electron chi connectivity index (χ2n) is 9.35. The van der Waals surface area contributed by atoms with Crippen LogP contribution in [-0.2, 0) is 9.53 Å². The number of alkyl carbamates (subject to hydrolysis) is 1. The Balaban J connectivity index is 1.30. The average molecular weight is 546 g/mol. The van der Waals surface area contributed by atoms with Crippen LogP contribution in [0.1, 0.15) is 44.4 Å². The number of carbonyl (C=O) groups is 2. The molecule has 2 amide bonds. The maximum absolute atomic E-state index is 13.9. The summed E-state index contributed by atoms with van der Waals surface area (Å²) in [5, 5.41) is 6.52. The molecule has 1 saturated carbocycles. The molecular formula is C25H29F2N7O3S. The Morgan fingerprint density at radius 1 is 1.13 bits per heavy atom. The van der Waals surface area contributed by atoms with Crippen molar-refractivity contribution in [3.8, 4) is 5.82 Å². The molecule has 3 heterocycles. The topological polar surface area (TPSA) is 114 Å². The van der Waals surface area contributed by atoms with Crippen molar-refractivity contribution in [2.45, 2.75) is 61.8 Å². The summed E-state index contributed by atoms with van der Waals surface area (Å²) in [6, 6.07) is 8.34. The number of para-hydroxylation sites is 2. The second-order valence-corrected chi connectivity index (χ2v) is 10.1. The molecule has 2 aliphatic rings. The van der Waals surface area contributed by atoms with E-state index in [1.54, 1.807) is 30.3 Å². The van der Waals surface area contributed by atoms with E-state index < -0.39 is 18.6 Å². The highest BCUT2D eigenvalue weighted by molar-refractivity contribution is 7.98. The average Bonchev–Trinajstić information content (AvgIpc) is 3.49. The van der Waals surface area contributed by atoms with Gasteiger partial charge in [0.25, 0.3) is 6.43 Å². The zero-order valence-corrected chi connectivity index (χ0v) is 21.9. The molecule has 1 aromatic carbocycles. The van der Waals surface area contributed by atoms with Crippen LogP contribution in [0, 0.1) is 0 Å². The van der Waals surface area contributed by atoms with E-state index in [1.807, 2.05) is 11.2 Å². The van der Waals surface area contributed by atoms with Crippen LogP contribution in [0.25, 0.3) is 16.9 Å². The number of aromatic nitrogens is 4. The van der Waals surface area contributed by atoms with E-state index in [-0.39, 0.29) is 23.8 Å². The number of anilines is 1. The summed E-state index contributed by atoms with van der Waals surface area (Å²) in [5.74, 6) is 0.453. The second kappa shape index (κ2) is 11.1. The number of nitrogens with one attached hydrogen (secondary N) is 2. The zero-order chi connectivity index (χ0) is 26.8. The van der Waals surface area contributed by atoms with Gasteiger partial charge in [-0.3, -0.25) is 9.36 Å². The number of hydrogen-bond acceptors (Lipinski definition) is 8. The van der Waals surface area contributed by atoms with Gasteiger partial charge in [-0.1, -0.05) is 23.9 Å². The lowest BCUT2D eigenvalue weighted by Gasteiger charge is -2.35. The van der Waals surface area contributed by atoms with Crippen LogP contribution in [0.15, 0.2) is 35.5 Å². The fourth-order valence-electron chi connectivity index (χ4n) is 5.27. The highest BCUT2D eigenvalue weighted by Gasteiger charge is 2.38. The summed E-state index contributed by atoms with van der Waals surface area (Å²) in [4.78, 5) is 39.4. The van der Waals surface area contributed by atoms with E-state index in [1.165, 1.54) is 23.4 Å². The molecule has 0 spiro atoms. The van der Waals surface area contributed by atoms with Crippen molar-refractivity contribution in [3.63, 3.8) is 0 Å². The molecule has 202 valence electrons. The maximum Gasteiger partial charge on any atom is 0.407 e. The van der Waals surface area contributed by atoms with Crippen molar-refractivity contribution in [1.82, 2.24) is 29.7 Å². The number of halogens is 2. The molecule has 1 saturated heterocycles. The Kier molecular flexibility index (Phi) is 7.63. The predicted molar refractivity (Wildman–Crippen MR) is 139 cm³/mol. The van der Waals surface area contributed by atoms with E-state index >= 15 is 0 Å². The molecule has 10 nitrogen and oxygen atoms in total. The van der Waals surface area contributed by atoms with Crippen LogP contribution in [0.4, 0.5) is 19.4 Å². The molecule has 5 rings (SSSR count). The van der Waals surface area contributed by atoms with Crippen LogP contribution >= 0.6 is 11.8 Å². The Morgan fingerprint density at radius 2 is 1.89 bits per heavy atom. The first-order valence-corrected chi connectivity index (χ1v) is 13.7. The quantitative estimate of drug-likeness (QED) is 0.336. The van der Waals surface area contributed by atoms with E-state index in [0.29, 0.717) is 40.8 Å². The number of amides is 2. The fourth-order valence-corrected chi connectivity index (χ4v) is 5.64. The number of carbonyl (C=O) groups excluding carboxylic acids is 2. The van der Waals surface area contributed by atoms with Gasteiger partial charge in [0.1, 0.15) is 17.7 Å². The standard InChI is InChI=1S/C25H29F2N7O3S/c1-37-25(36)30-17-11-12-33(23(17)35)15-9-7-14(8-10-15)28-19-13-20(32-24(31-19)38-2)34-18-6-4-3-5-16(18)29-22(34)21(26)27/h3-6,13-15,17,21H,7-12H2,1-2H3,(H,30,36)(H,28,31,32)/t14-,15-,17-/m1/s1. The van der Waals surface area contributed by atoms with Crippen molar-refractivity contribution in [1.29, 1.82) is 0 Å². The van der Waals surface area contributed by atoms with Gasteiger partial charge in [-0.25, -0.2) is 28.5 Å². The first kappa shape index (κ1) is 26.1. The van der Waals surface area contributed by atoms with E-state index in [0.717, 1.165) is 25.7 Å². The van der Waals surface area contributed by atoms with Gasteiger partial charge in [0.15, 0.2) is 11.0 Å². The third kappa shape index (κ3) is 5.24. The minimum Gasteiger partial charge on any atom is -0.453 e. The number of thioether (sulfide) groups is 1. The molecule has 3 aromatic rings. The molecule has 0 radical (unpaired) electrons. The first-order chi connectivity index (χ1) is 18.4. The Labute approximate surface area is 222 Å². The van der Waals surface area contributed by atoms with E-state index in [4.69, 9.17) is 0 Å². The Morgan fingerprint density at radius 3 is 2.61 bits per heavy atom. The molecule has 2 fully saturated rings. The zero-order valence-electron chi connectivity index (χ0n) is 21.1. The number of rotatable bonds is 7. The third-order valence-electron chi connectivity index (χ3n) is 7.09. The van der Waals surface area contributed by atoms with Crippen LogP contribution < -0.4 is 10.6 Å². The van der Waals surface area contributed by atoms with Crippen LogP contribution in [0.2, 0.25) is 0 Å². The molecule has 0 bridgehead atoms. The highest BCUT2D eigenvalue weighted by atomic mass is 32.2. The van der Waals surface area contributed by atoms with Crippen molar-refractivity contribution in [2.24, 2.45) is 0 Å². The number of ether oxygens (including phenoxy) is 1. The monoisotopic (exact) mass is 545 g/mol. The molecule has 2 N–H and O–H groups in total. The normalized spacial score (nSPS) is 21.8. The Bertz CT molecular complexity index is 1330. The molecule has 2 aromatic heterocycles. The van der Waals surface area contributed by atoms with Gasteiger partial charge in [0.05, 0.1) is 18.1 Å². The van der Waals surface area contributed by atoms with Gasteiger partial charge in [-0.2, -0.15) is 0 Å². The number of methoxy groups -OCH3 is 1. The Hall–Kier alpha value is -3.48. The largest absolute Gasteiger partial charge is 0.453 e. The summed E-state index contributed by atoms with van der Waals surface area (Å²) < 4.78 is 33.8. The molecular weight excluding hydrogens is 516 g/mol. The van der Waals surface area contributed by atoms with Crippen LogP contribution in [0.3, 0.4) is 0 Å². The van der Waals surface area contributed by atoms with Crippen molar-refractivity contribution < 1.29 is 23.1 Å². The SMILES string of the molecule is COC(=O)N[C@@H]1CCN([C@H]2CC[C@H](Nc3cc(-n4c(C(F)F)nc5ccccc54)nc(SC)n3)CC2)C1=O. The molecule has 1 aliphatic heterocycles. The molecule has 1 atom stereocenters. The predicted octanol–water partition coefficient (Wildman–Crippen LogP) is 4.16. The number of hydrogen-bond donors (Lipinski definition) is 2. The first-order valence-electron chi connectivity index (χ1n) is 12.5. The van der Waals surface area contributed by atoms with Gasteiger partial charge in [-0.05, 0) is 50.5 Å². The van der Waals surface area contributed by atoms with Crippen molar-refractivity contribution in [3.05, 3.63) is 36.2 Å². The number of fused-ring (bicyclic) bond motifs is 1. The van der Waals surface area contributed by atoms with E-state index in [2.05, 4.69) is 30.3 Å². The smallest absolute Gasteiger partial charge is 0.407 e. The van der Waals surface area contributed by atoms with E-state index in [9.17, 15) is 18.4 Å². The summed E-state index contributed by atoms with van der Waals surface area (Å²) in [7, 11) is 1.28. The number of nitrogens with zero attached hydrogens (tertiary/aromatic N) is 5. The molecule has 0 unspecified atom stereocenters. The highest BCUT2D eigenvalue weighted by Crippen LogP contribution is 2.31. The summed E-state index contributed by atoms with van der Waals surface area (Å²) in [6.07, 6.45) is 2.28. The number of imidazole rings is 1. The number of likely N-dealkylation sites (tertiary alicyclic amines) is 1. The van der Waals surface area contributed by atoms with Gasteiger partial charge in [-0.15, -0.1) is 0 Å². The van der Waals surface area contributed by atoms with Gasteiger partial charge >= 0.3 is 6.09 Å². The van der Waals surface area contributed by atoms with Gasteiger partial charge in [0, 0.05) is 24.7 Å². The van der Waals surface area contributed by atoms with Crippen molar-refractivity contribution in [2.75, 3.05) is 25.2 Å². The lowest BCUT2D eigenvalue weighted by atomic mass is 9.90. The number of alkyl halides is 2. The van der Waals surface area contributed by atoms with Crippen LogP contribution in [-0.4, -0.2) is 74.5 Å². The summed E-state index contributed by atoms with van der Waals surface area (Å²) in [6.45, 7) is 0.605. The minimum atomic E-state index is -2.77. The minimum absolute atomic E-state index is 0.0701. The summed E-state index contributed by atoms with van der Waals surface area (Å²) >= 11 is 1.33. The number of benzene rings is 1. The lowest BCUT2D eigenvalue weighted by Crippen LogP contribution is -2.46. The van der Waals surface area contributed by atoms with Gasteiger partial charge in [0.2, 0.25) is 5.91 Å². The summed E-state index contributed by atoms with van der Waals surface area (Å²) in [5.41, 5.74) is 1.02. The maximum atomic E-state index is 13.9. The molecule has 1 aliphatic carbocycles. The van der Waals surface area contributed by atoms with Gasteiger partial charge < -0.3 is 20.3 Å². The lowest BCUT2D eigenvalue weighted by molar-refractivity contribution is -0.131. The van der Waals surface area contributed by atoms with Crippen LogP contribution in [0.5, 0.6) is 0 Å². The molecule has 38 heavy (non-hydrogen) atoms. The third-order valence-corrected chi connectivity index (χ3v) is 7.64.